The summed E-state index contributed by atoms with van der Waals surface area (Å²) in [6, 6.07) is 5.02. The van der Waals surface area contributed by atoms with E-state index in [1.165, 1.54) is 31.2 Å². The van der Waals surface area contributed by atoms with Crippen molar-refractivity contribution in [3.05, 3.63) is 70.0 Å². The zero-order chi connectivity index (χ0) is 31.7. The first kappa shape index (κ1) is 32.5. The van der Waals surface area contributed by atoms with E-state index in [2.05, 4.69) is 4.90 Å². The molecule has 2 aliphatic rings. The fraction of sp³-hybridized carbons (Fsp3) is 0.517. The van der Waals surface area contributed by atoms with E-state index in [1.54, 1.807) is 17.9 Å². The minimum atomic E-state index is -5.02. The number of piperidine rings is 1. The minimum absolute atomic E-state index is 0.00470. The van der Waals surface area contributed by atoms with Crippen molar-refractivity contribution in [1.29, 1.82) is 0 Å². The first-order valence-electron chi connectivity index (χ1n) is 13.8. The molecule has 43 heavy (non-hydrogen) atoms. The largest absolute Gasteiger partial charge is 0.428 e. The van der Waals surface area contributed by atoms with Crippen molar-refractivity contribution in [3.8, 4) is 0 Å². The first-order valence-corrected chi connectivity index (χ1v) is 13.8. The van der Waals surface area contributed by atoms with E-state index >= 15 is 0 Å². The molecule has 7 nitrogen and oxygen atoms in total. The van der Waals surface area contributed by atoms with Crippen molar-refractivity contribution in [2.75, 3.05) is 39.8 Å². The Kier molecular flexibility index (Phi) is 9.60. The van der Waals surface area contributed by atoms with Crippen LogP contribution >= 0.6 is 0 Å². The van der Waals surface area contributed by atoms with Gasteiger partial charge in [-0.25, -0.2) is 9.18 Å². The Hall–Kier alpha value is -3.39. The third-order valence-corrected chi connectivity index (χ3v) is 7.97. The summed E-state index contributed by atoms with van der Waals surface area (Å²) in [6.07, 6.45) is -9.90. The average molecular weight is 619 g/mol. The standard InChI is InChI=1S/C29H33F7N4O3/c1-18-12-23(30)4-5-25(18)26-16-24(39-10-8-38(9-11-39)19(2)41)6-7-40(26)43-27(42)37(3)17-20-13-21(28(31,32)33)15-22(14-20)29(34,35)36/h4-5,12-15,24,26H,6-11,16-17H2,1-3H3/t24-,26-/m1/s1. The number of rotatable bonds is 5. The van der Waals surface area contributed by atoms with Crippen molar-refractivity contribution >= 4 is 12.0 Å². The highest BCUT2D eigenvalue weighted by molar-refractivity contribution is 5.73. The molecule has 0 spiro atoms. The minimum Gasteiger partial charge on any atom is -0.350 e. The monoisotopic (exact) mass is 618 g/mol. The Morgan fingerprint density at radius 1 is 0.930 bits per heavy atom. The lowest BCUT2D eigenvalue weighted by Crippen LogP contribution is -2.54. The number of piperazine rings is 1. The molecule has 0 aliphatic carbocycles. The van der Waals surface area contributed by atoms with Crippen molar-refractivity contribution in [2.45, 2.75) is 57.7 Å². The second kappa shape index (κ2) is 12.7. The predicted octanol–water partition coefficient (Wildman–Crippen LogP) is 6.02. The lowest BCUT2D eigenvalue weighted by molar-refractivity contribution is -0.167. The molecular weight excluding hydrogens is 585 g/mol. The van der Waals surface area contributed by atoms with Crippen LogP contribution in [0.1, 0.15) is 53.6 Å². The summed E-state index contributed by atoms with van der Waals surface area (Å²) in [5.41, 5.74) is -1.97. The van der Waals surface area contributed by atoms with Crippen LogP contribution in [0, 0.1) is 12.7 Å². The van der Waals surface area contributed by atoms with Crippen LogP contribution in [0.2, 0.25) is 0 Å². The molecule has 236 valence electrons. The fourth-order valence-electron chi connectivity index (χ4n) is 5.68. The maximum atomic E-state index is 13.9. The molecule has 14 heteroatoms. The first-order chi connectivity index (χ1) is 20.0. The molecule has 2 atom stereocenters. The van der Waals surface area contributed by atoms with E-state index in [0.29, 0.717) is 56.7 Å². The van der Waals surface area contributed by atoms with E-state index in [4.69, 9.17) is 4.84 Å². The number of hydrogen-bond donors (Lipinski definition) is 0. The summed E-state index contributed by atoms with van der Waals surface area (Å²) >= 11 is 0. The van der Waals surface area contributed by atoms with Gasteiger partial charge in [0.15, 0.2) is 0 Å². The van der Waals surface area contributed by atoms with Crippen LogP contribution in [0.4, 0.5) is 35.5 Å². The maximum absolute atomic E-state index is 13.9. The molecule has 2 amide bonds. The van der Waals surface area contributed by atoms with Gasteiger partial charge in [-0.15, -0.1) is 5.06 Å². The van der Waals surface area contributed by atoms with Gasteiger partial charge in [0.1, 0.15) is 5.82 Å². The van der Waals surface area contributed by atoms with E-state index in [9.17, 15) is 40.3 Å². The van der Waals surface area contributed by atoms with Gasteiger partial charge >= 0.3 is 18.4 Å². The van der Waals surface area contributed by atoms with Crippen LogP contribution in [0.15, 0.2) is 36.4 Å². The zero-order valence-corrected chi connectivity index (χ0v) is 23.9. The molecule has 0 radical (unpaired) electrons. The number of amides is 2. The van der Waals surface area contributed by atoms with Gasteiger partial charge in [0, 0.05) is 59.3 Å². The Labute approximate surface area is 244 Å². The number of benzene rings is 2. The van der Waals surface area contributed by atoms with Gasteiger partial charge in [0.05, 0.1) is 17.2 Å². The van der Waals surface area contributed by atoms with Crippen molar-refractivity contribution in [1.82, 2.24) is 19.8 Å². The highest BCUT2D eigenvalue weighted by Crippen LogP contribution is 2.38. The fourth-order valence-corrected chi connectivity index (χ4v) is 5.68. The lowest BCUT2D eigenvalue weighted by atomic mass is 9.89. The van der Waals surface area contributed by atoms with Crippen LogP contribution in [0.3, 0.4) is 0 Å². The summed E-state index contributed by atoms with van der Waals surface area (Å²) in [5, 5.41) is 1.44. The second-order valence-corrected chi connectivity index (χ2v) is 11.0. The zero-order valence-electron chi connectivity index (χ0n) is 23.9. The topological polar surface area (TPSA) is 56.3 Å². The van der Waals surface area contributed by atoms with E-state index < -0.39 is 48.0 Å². The van der Waals surface area contributed by atoms with Gasteiger partial charge in [0.2, 0.25) is 5.91 Å². The van der Waals surface area contributed by atoms with Gasteiger partial charge in [-0.05, 0) is 66.8 Å². The summed E-state index contributed by atoms with van der Waals surface area (Å²) < 4.78 is 93.7. The van der Waals surface area contributed by atoms with Crippen LogP contribution in [-0.2, 0) is 28.5 Å². The molecule has 2 aliphatic heterocycles. The number of halogens is 7. The van der Waals surface area contributed by atoms with Crippen LogP contribution in [-0.4, -0.2) is 77.6 Å². The SMILES string of the molecule is CC(=O)N1CCN([C@@H]2CCN(OC(=O)N(C)Cc3cc(C(F)(F)F)cc(C(F)(F)F)c3)[C@@H](c3ccc(F)cc3C)C2)CC1. The normalized spacial score (nSPS) is 20.7. The van der Waals surface area contributed by atoms with Gasteiger partial charge in [-0.3, -0.25) is 9.69 Å². The third kappa shape index (κ3) is 7.96. The molecule has 2 aromatic carbocycles. The van der Waals surface area contributed by atoms with Crippen LogP contribution < -0.4 is 0 Å². The molecule has 0 unspecified atom stereocenters. The highest BCUT2D eigenvalue weighted by Gasteiger charge is 2.39. The molecule has 0 N–H and O–H groups in total. The van der Waals surface area contributed by atoms with Crippen LogP contribution in [0.5, 0.6) is 0 Å². The smallest absolute Gasteiger partial charge is 0.350 e. The number of carbonyl (C=O) groups is 2. The van der Waals surface area contributed by atoms with Gasteiger partial charge in [-0.2, -0.15) is 26.3 Å². The molecule has 0 bridgehead atoms. The van der Waals surface area contributed by atoms with Crippen molar-refractivity contribution in [3.63, 3.8) is 0 Å². The second-order valence-electron chi connectivity index (χ2n) is 11.0. The summed E-state index contributed by atoms with van der Waals surface area (Å²) in [5.74, 6) is -0.429. The number of hydrogen-bond acceptors (Lipinski definition) is 5. The Balaban J connectivity index is 1.51. The Bertz CT molecular complexity index is 1290. The predicted molar refractivity (Wildman–Crippen MR) is 142 cm³/mol. The number of hydroxylamine groups is 2. The van der Waals surface area contributed by atoms with Crippen molar-refractivity contribution < 1.29 is 45.2 Å². The summed E-state index contributed by atoms with van der Waals surface area (Å²) in [7, 11) is 1.22. The Morgan fingerprint density at radius 3 is 2.07 bits per heavy atom. The molecule has 0 saturated carbocycles. The number of nitrogens with zero attached hydrogens (tertiary/aromatic N) is 4. The van der Waals surface area contributed by atoms with E-state index in [-0.39, 0.29) is 30.1 Å². The van der Waals surface area contributed by atoms with Gasteiger partial charge in [-0.1, -0.05) is 6.07 Å². The number of carbonyl (C=O) groups excluding carboxylic acids is 2. The number of alkyl halides is 6. The molecule has 0 aromatic heterocycles. The summed E-state index contributed by atoms with van der Waals surface area (Å²) in [6.45, 7) is 5.46. The highest BCUT2D eigenvalue weighted by atomic mass is 19.4. The molecule has 2 heterocycles. The molecule has 2 fully saturated rings. The number of aryl methyl sites for hydroxylation is 1. The van der Waals surface area contributed by atoms with Crippen molar-refractivity contribution in [2.24, 2.45) is 0 Å². The summed E-state index contributed by atoms with van der Waals surface area (Å²) in [4.78, 5) is 35.4. The van der Waals surface area contributed by atoms with Gasteiger partial charge < -0.3 is 14.6 Å². The average Bonchev–Trinajstić information content (AvgIpc) is 2.92. The Morgan fingerprint density at radius 2 is 1.53 bits per heavy atom. The lowest BCUT2D eigenvalue weighted by Gasteiger charge is -2.45. The quantitative estimate of drug-likeness (QED) is 0.384. The van der Waals surface area contributed by atoms with E-state index in [0.717, 1.165) is 10.5 Å². The van der Waals surface area contributed by atoms with E-state index in [1.807, 2.05) is 0 Å². The molecule has 4 rings (SSSR count). The molecular formula is C29H33F7N4O3. The molecule has 2 saturated heterocycles. The molecule has 2 aromatic rings. The third-order valence-electron chi connectivity index (χ3n) is 7.97. The van der Waals surface area contributed by atoms with Gasteiger partial charge in [0.25, 0.3) is 0 Å². The van der Waals surface area contributed by atoms with Crippen LogP contribution in [0.25, 0.3) is 0 Å². The maximum Gasteiger partial charge on any atom is 0.428 e.